The van der Waals surface area contributed by atoms with Crippen molar-refractivity contribution in [2.75, 3.05) is 13.1 Å². The van der Waals surface area contributed by atoms with Crippen molar-refractivity contribution in [3.05, 3.63) is 0 Å². The van der Waals surface area contributed by atoms with Gasteiger partial charge in [0.25, 0.3) is 0 Å². The molecule has 0 unspecified atom stereocenters. The molecule has 15 heavy (non-hydrogen) atoms. The molecule has 0 spiro atoms. The number of hydrogen-bond donors (Lipinski definition) is 0. The van der Waals surface area contributed by atoms with Crippen LogP contribution >= 0.6 is 0 Å². The quantitative estimate of drug-likeness (QED) is 0.653. The van der Waals surface area contributed by atoms with Crippen LogP contribution in [0.2, 0.25) is 0 Å². The van der Waals surface area contributed by atoms with Gasteiger partial charge in [0.1, 0.15) is 0 Å². The van der Waals surface area contributed by atoms with Gasteiger partial charge in [0, 0.05) is 19.0 Å². The minimum Gasteiger partial charge on any atom is -0.373 e. The topological polar surface area (TPSA) is 29.5 Å². The fourth-order valence-corrected chi connectivity index (χ4v) is 2.96. The van der Waals surface area contributed by atoms with Crippen LogP contribution in [-0.2, 0) is 9.53 Å². The highest BCUT2D eigenvalue weighted by atomic mass is 16.5. The largest absolute Gasteiger partial charge is 0.373 e. The molecular weight excluding hydrogens is 190 g/mol. The molecule has 3 aliphatic rings. The number of carbonyl (C=O) groups is 1. The Bertz CT molecular complexity index is 275. The third-order valence-corrected chi connectivity index (χ3v) is 3.98. The summed E-state index contributed by atoms with van der Waals surface area (Å²) in [5.74, 6) is 1.46. The number of amides is 1. The number of carbonyl (C=O) groups excluding carboxylic acids is 1. The van der Waals surface area contributed by atoms with Gasteiger partial charge < -0.3 is 9.64 Å². The van der Waals surface area contributed by atoms with E-state index < -0.39 is 0 Å². The van der Waals surface area contributed by atoms with Crippen molar-refractivity contribution in [1.82, 2.24) is 4.90 Å². The maximum atomic E-state index is 11.9. The first kappa shape index (κ1) is 9.64. The summed E-state index contributed by atoms with van der Waals surface area (Å²) in [6.45, 7) is 3.96. The molecule has 3 rings (SSSR count). The van der Waals surface area contributed by atoms with Crippen molar-refractivity contribution in [2.45, 2.75) is 44.8 Å². The van der Waals surface area contributed by atoms with Gasteiger partial charge in [0.15, 0.2) is 0 Å². The highest BCUT2D eigenvalue weighted by molar-refractivity contribution is 5.81. The van der Waals surface area contributed by atoms with Crippen LogP contribution in [0.3, 0.4) is 0 Å². The van der Waals surface area contributed by atoms with Gasteiger partial charge in [-0.3, -0.25) is 4.79 Å². The standard InChI is InChI=1S/C12H19NO2/c1-8-6-10-4-5-13(7-11(10)15-8)12(14)9-2-3-9/h8-11H,2-7H2,1H3/t8-,10-,11+/m0/s1. The highest BCUT2D eigenvalue weighted by Crippen LogP contribution is 2.36. The van der Waals surface area contributed by atoms with Crippen LogP contribution in [0.1, 0.15) is 32.6 Å². The summed E-state index contributed by atoms with van der Waals surface area (Å²) in [4.78, 5) is 13.9. The molecule has 84 valence electrons. The second-order valence-corrected chi connectivity index (χ2v) is 5.33. The second-order valence-electron chi connectivity index (χ2n) is 5.33. The lowest BCUT2D eigenvalue weighted by molar-refractivity contribution is -0.136. The van der Waals surface area contributed by atoms with Crippen molar-refractivity contribution >= 4 is 5.91 Å². The second kappa shape index (κ2) is 3.48. The van der Waals surface area contributed by atoms with Crippen LogP contribution in [0.5, 0.6) is 0 Å². The molecule has 0 bridgehead atoms. The van der Waals surface area contributed by atoms with Gasteiger partial charge in [0.2, 0.25) is 5.91 Å². The first-order valence-electron chi connectivity index (χ1n) is 6.18. The van der Waals surface area contributed by atoms with Crippen molar-refractivity contribution < 1.29 is 9.53 Å². The molecule has 1 saturated carbocycles. The zero-order chi connectivity index (χ0) is 10.4. The van der Waals surface area contributed by atoms with E-state index in [0.717, 1.165) is 32.4 Å². The first-order chi connectivity index (χ1) is 7.24. The first-order valence-corrected chi connectivity index (χ1v) is 6.18. The maximum Gasteiger partial charge on any atom is 0.225 e. The third-order valence-electron chi connectivity index (χ3n) is 3.98. The van der Waals surface area contributed by atoms with Crippen molar-refractivity contribution in [3.8, 4) is 0 Å². The van der Waals surface area contributed by atoms with E-state index in [4.69, 9.17) is 4.74 Å². The molecule has 1 amide bonds. The van der Waals surface area contributed by atoms with Gasteiger partial charge in [-0.15, -0.1) is 0 Å². The lowest BCUT2D eigenvalue weighted by Gasteiger charge is -2.34. The summed E-state index contributed by atoms with van der Waals surface area (Å²) >= 11 is 0. The minimum absolute atomic E-state index is 0.330. The van der Waals surface area contributed by atoms with Crippen molar-refractivity contribution in [1.29, 1.82) is 0 Å². The molecule has 3 nitrogen and oxygen atoms in total. The third kappa shape index (κ3) is 1.78. The van der Waals surface area contributed by atoms with E-state index in [9.17, 15) is 4.79 Å². The monoisotopic (exact) mass is 209 g/mol. The molecule has 3 heteroatoms. The van der Waals surface area contributed by atoms with E-state index in [1.807, 2.05) is 4.90 Å². The Morgan fingerprint density at radius 2 is 2.13 bits per heavy atom. The van der Waals surface area contributed by atoms with Gasteiger partial charge in [-0.25, -0.2) is 0 Å². The average Bonchev–Trinajstić information content (AvgIpc) is 2.98. The van der Waals surface area contributed by atoms with Crippen LogP contribution in [0.15, 0.2) is 0 Å². The molecule has 0 aromatic rings. The van der Waals surface area contributed by atoms with Gasteiger partial charge in [-0.1, -0.05) is 0 Å². The number of likely N-dealkylation sites (tertiary alicyclic amines) is 1. The van der Waals surface area contributed by atoms with Crippen LogP contribution in [0.4, 0.5) is 0 Å². The molecule has 3 atom stereocenters. The van der Waals surface area contributed by atoms with Gasteiger partial charge >= 0.3 is 0 Å². The molecule has 2 heterocycles. The van der Waals surface area contributed by atoms with Crippen LogP contribution in [0.25, 0.3) is 0 Å². The summed E-state index contributed by atoms with van der Waals surface area (Å²) in [5, 5.41) is 0. The summed E-state index contributed by atoms with van der Waals surface area (Å²) in [7, 11) is 0. The predicted octanol–water partition coefficient (Wildman–Crippen LogP) is 1.42. The normalized spacial score (nSPS) is 40.3. The number of fused-ring (bicyclic) bond motifs is 1. The molecule has 1 aliphatic carbocycles. The minimum atomic E-state index is 0.330. The molecule has 0 N–H and O–H groups in total. The molecule has 3 fully saturated rings. The lowest BCUT2D eigenvalue weighted by atomic mass is 9.92. The van der Waals surface area contributed by atoms with Crippen LogP contribution in [-0.4, -0.2) is 36.1 Å². The van der Waals surface area contributed by atoms with E-state index in [0.29, 0.717) is 30.0 Å². The summed E-state index contributed by atoms with van der Waals surface area (Å²) in [5.41, 5.74) is 0. The number of rotatable bonds is 1. The fourth-order valence-electron chi connectivity index (χ4n) is 2.96. The molecule has 0 aromatic heterocycles. The van der Waals surface area contributed by atoms with Gasteiger partial charge in [-0.2, -0.15) is 0 Å². The molecule has 0 aromatic carbocycles. The van der Waals surface area contributed by atoms with Crippen molar-refractivity contribution in [3.63, 3.8) is 0 Å². The molecule has 2 saturated heterocycles. The Hall–Kier alpha value is -0.570. The predicted molar refractivity (Wildman–Crippen MR) is 56.4 cm³/mol. The Balaban J connectivity index is 1.62. The van der Waals surface area contributed by atoms with E-state index in [-0.39, 0.29) is 0 Å². The zero-order valence-electron chi connectivity index (χ0n) is 9.32. The maximum absolute atomic E-state index is 11.9. The number of ether oxygens (including phenoxy) is 1. The summed E-state index contributed by atoms with van der Waals surface area (Å²) in [6, 6.07) is 0. The average molecular weight is 209 g/mol. The van der Waals surface area contributed by atoms with Crippen LogP contribution in [0, 0.1) is 11.8 Å². The number of hydrogen-bond acceptors (Lipinski definition) is 2. The number of nitrogens with zero attached hydrogens (tertiary/aromatic N) is 1. The SMILES string of the molecule is C[C@H]1C[C@@H]2CCN(C(=O)C3CC3)C[C@H]2O1. The zero-order valence-corrected chi connectivity index (χ0v) is 9.32. The molecular formula is C12H19NO2. The fraction of sp³-hybridized carbons (Fsp3) is 0.917. The lowest BCUT2D eigenvalue weighted by Crippen LogP contribution is -2.45. The van der Waals surface area contributed by atoms with E-state index in [1.165, 1.54) is 6.42 Å². The Kier molecular flexibility index (Phi) is 2.23. The Labute approximate surface area is 90.8 Å². The van der Waals surface area contributed by atoms with E-state index in [1.54, 1.807) is 0 Å². The molecule has 2 aliphatic heterocycles. The smallest absolute Gasteiger partial charge is 0.225 e. The van der Waals surface area contributed by atoms with E-state index in [2.05, 4.69) is 6.92 Å². The van der Waals surface area contributed by atoms with Crippen LogP contribution < -0.4 is 0 Å². The summed E-state index contributed by atoms with van der Waals surface area (Å²) < 4.78 is 5.85. The Morgan fingerprint density at radius 1 is 1.33 bits per heavy atom. The Morgan fingerprint density at radius 3 is 2.87 bits per heavy atom. The van der Waals surface area contributed by atoms with Gasteiger partial charge in [0.05, 0.1) is 12.2 Å². The highest BCUT2D eigenvalue weighted by Gasteiger charge is 2.41. The molecule has 0 radical (unpaired) electrons. The van der Waals surface area contributed by atoms with Gasteiger partial charge in [-0.05, 0) is 38.5 Å². The summed E-state index contributed by atoms with van der Waals surface area (Å²) in [6.07, 6.45) is 5.29. The van der Waals surface area contributed by atoms with E-state index >= 15 is 0 Å². The van der Waals surface area contributed by atoms with Crippen molar-refractivity contribution in [2.24, 2.45) is 11.8 Å². The number of piperidine rings is 1.